The number of H-pyrrole nitrogens is 1. The van der Waals surface area contributed by atoms with Gasteiger partial charge in [-0.3, -0.25) is 14.7 Å². The molecule has 1 atom stereocenters. The summed E-state index contributed by atoms with van der Waals surface area (Å²) in [5, 5.41) is 10.3. The van der Waals surface area contributed by atoms with Crippen LogP contribution >= 0.6 is 11.8 Å². The molecule has 7 heteroatoms. The number of nitrogens with zero attached hydrogens (tertiary/aromatic N) is 2. The number of hydrogen-bond donors (Lipinski definition) is 2. The summed E-state index contributed by atoms with van der Waals surface area (Å²) < 4.78 is -0.493. The first-order valence-electron chi connectivity index (χ1n) is 9.13. The van der Waals surface area contributed by atoms with Crippen molar-refractivity contribution in [2.45, 2.75) is 51.1 Å². The molecule has 1 aromatic heterocycles. The van der Waals surface area contributed by atoms with Gasteiger partial charge in [-0.1, -0.05) is 30.3 Å². The Labute approximate surface area is 164 Å². The molecular formula is C20H26N4O2S. The fraction of sp³-hybridized carbons (Fsp3) is 0.450. The number of hydrogen-bond acceptors (Lipinski definition) is 4. The minimum atomic E-state index is -0.493. The number of aromatic nitrogens is 2. The van der Waals surface area contributed by atoms with E-state index < -0.39 is 10.8 Å². The van der Waals surface area contributed by atoms with Gasteiger partial charge < -0.3 is 10.2 Å². The molecular weight excluding hydrogens is 360 g/mol. The summed E-state index contributed by atoms with van der Waals surface area (Å²) >= 11 is 1.52. The zero-order valence-electron chi connectivity index (χ0n) is 16.2. The molecule has 0 bridgehead atoms. The molecule has 0 radical (unpaired) electrons. The summed E-state index contributed by atoms with van der Waals surface area (Å²) in [6.07, 6.45) is 0. The first kappa shape index (κ1) is 19.5. The van der Waals surface area contributed by atoms with Gasteiger partial charge in [-0.2, -0.15) is 5.10 Å². The van der Waals surface area contributed by atoms with Crippen LogP contribution in [0.2, 0.25) is 0 Å². The van der Waals surface area contributed by atoms with E-state index in [9.17, 15) is 9.59 Å². The molecule has 27 heavy (non-hydrogen) atoms. The van der Waals surface area contributed by atoms with Crippen molar-refractivity contribution < 1.29 is 9.59 Å². The normalized spacial score (nSPS) is 19.0. The third-order valence-electron chi connectivity index (χ3n) is 4.71. The Bertz CT molecular complexity index is 816. The van der Waals surface area contributed by atoms with Crippen LogP contribution in [0, 0.1) is 0 Å². The molecule has 1 aliphatic rings. The van der Waals surface area contributed by atoms with E-state index in [-0.39, 0.29) is 17.9 Å². The summed E-state index contributed by atoms with van der Waals surface area (Å²) in [5.41, 5.74) is 2.75. The lowest BCUT2D eigenvalue weighted by Crippen LogP contribution is -2.58. The molecule has 1 aromatic carbocycles. The van der Waals surface area contributed by atoms with E-state index >= 15 is 0 Å². The van der Waals surface area contributed by atoms with Crippen LogP contribution in [-0.4, -0.2) is 49.5 Å². The number of carbonyl (C=O) groups excluding carboxylic acids is 2. The minimum Gasteiger partial charge on any atom is -0.342 e. The minimum absolute atomic E-state index is 0.0119. The summed E-state index contributed by atoms with van der Waals surface area (Å²) in [4.78, 5) is 27.0. The Morgan fingerprint density at radius 1 is 1.33 bits per heavy atom. The highest BCUT2D eigenvalue weighted by atomic mass is 32.2. The Morgan fingerprint density at radius 2 is 2.04 bits per heavy atom. The van der Waals surface area contributed by atoms with Crippen molar-refractivity contribution in [2.24, 2.45) is 0 Å². The van der Waals surface area contributed by atoms with Gasteiger partial charge in [0.15, 0.2) is 0 Å². The molecule has 3 rings (SSSR count). The molecule has 0 saturated carbocycles. The summed E-state index contributed by atoms with van der Waals surface area (Å²) in [6.45, 7) is 8.15. The molecule has 6 nitrogen and oxygen atoms in total. The highest BCUT2D eigenvalue weighted by Crippen LogP contribution is 2.30. The summed E-state index contributed by atoms with van der Waals surface area (Å²) in [5.74, 6) is 0.435. The average molecular weight is 387 g/mol. The first-order valence-corrected chi connectivity index (χ1v) is 10.1. The number of carbonyl (C=O) groups is 2. The van der Waals surface area contributed by atoms with Gasteiger partial charge in [-0.15, -0.1) is 11.8 Å². The van der Waals surface area contributed by atoms with Crippen molar-refractivity contribution >= 4 is 23.6 Å². The number of amides is 2. The lowest BCUT2D eigenvalue weighted by Gasteiger charge is -2.36. The van der Waals surface area contributed by atoms with Crippen molar-refractivity contribution in [3.63, 3.8) is 0 Å². The number of nitrogens with one attached hydrogen (secondary N) is 2. The van der Waals surface area contributed by atoms with Crippen molar-refractivity contribution in [1.29, 1.82) is 0 Å². The van der Waals surface area contributed by atoms with E-state index in [1.54, 1.807) is 4.90 Å². The molecule has 0 aliphatic carbocycles. The van der Waals surface area contributed by atoms with Crippen molar-refractivity contribution in [1.82, 2.24) is 20.4 Å². The molecule has 0 spiro atoms. The smallest absolute Gasteiger partial charge is 0.246 e. The quantitative estimate of drug-likeness (QED) is 0.828. The lowest BCUT2D eigenvalue weighted by molar-refractivity contribution is -0.138. The van der Waals surface area contributed by atoms with Crippen LogP contribution in [0.1, 0.15) is 33.4 Å². The maximum atomic E-state index is 13.0. The van der Waals surface area contributed by atoms with Crippen molar-refractivity contribution in [3.05, 3.63) is 42.1 Å². The Kier molecular flexibility index (Phi) is 5.60. The fourth-order valence-electron chi connectivity index (χ4n) is 2.96. The van der Waals surface area contributed by atoms with E-state index in [1.165, 1.54) is 11.8 Å². The molecule has 2 amide bonds. The van der Waals surface area contributed by atoms with Gasteiger partial charge in [0.25, 0.3) is 0 Å². The van der Waals surface area contributed by atoms with Gasteiger partial charge in [-0.05, 0) is 33.8 Å². The number of benzene rings is 1. The molecule has 2 heterocycles. The van der Waals surface area contributed by atoms with Crippen LogP contribution in [0.15, 0.2) is 36.4 Å². The first-order chi connectivity index (χ1) is 12.8. The molecule has 144 valence electrons. The van der Waals surface area contributed by atoms with Crippen LogP contribution in [0.4, 0.5) is 0 Å². The van der Waals surface area contributed by atoms with E-state index in [4.69, 9.17) is 0 Å². The summed E-state index contributed by atoms with van der Waals surface area (Å²) in [6, 6.07) is 11.4. The summed E-state index contributed by atoms with van der Waals surface area (Å²) in [7, 11) is 0. The highest BCUT2D eigenvalue weighted by molar-refractivity contribution is 8.01. The SMILES string of the molecule is CC(C)N(Cc1cc(-c2ccccc2)n[nH]1)C(=O)C1CSC(C)(C)C(=O)N1. The monoisotopic (exact) mass is 386 g/mol. The van der Waals surface area contributed by atoms with E-state index in [0.29, 0.717) is 12.3 Å². The molecule has 1 unspecified atom stereocenters. The number of rotatable bonds is 5. The second-order valence-corrected chi connectivity index (χ2v) is 9.19. The average Bonchev–Trinajstić information content (AvgIpc) is 3.11. The van der Waals surface area contributed by atoms with Gasteiger partial charge in [0.2, 0.25) is 11.8 Å². The topological polar surface area (TPSA) is 78.1 Å². The van der Waals surface area contributed by atoms with Crippen LogP contribution in [0.25, 0.3) is 11.3 Å². The maximum Gasteiger partial charge on any atom is 0.246 e. The van der Waals surface area contributed by atoms with E-state index in [0.717, 1.165) is 17.0 Å². The zero-order valence-corrected chi connectivity index (χ0v) is 17.0. The second-order valence-electron chi connectivity index (χ2n) is 7.55. The largest absolute Gasteiger partial charge is 0.342 e. The fourth-order valence-corrected chi connectivity index (χ4v) is 3.96. The van der Waals surface area contributed by atoms with Gasteiger partial charge in [-0.25, -0.2) is 0 Å². The standard InChI is InChI=1S/C20H26N4O2S/c1-13(2)24(18(25)17-12-27-20(3,4)19(26)21-17)11-15-10-16(23-22-15)14-8-6-5-7-9-14/h5-10,13,17H,11-12H2,1-4H3,(H,21,26)(H,22,23). The molecule has 2 N–H and O–H groups in total. The third-order valence-corrected chi connectivity index (χ3v) is 6.12. The predicted molar refractivity (Wildman–Crippen MR) is 108 cm³/mol. The molecule has 2 aromatic rings. The van der Waals surface area contributed by atoms with Crippen molar-refractivity contribution in [2.75, 3.05) is 5.75 Å². The van der Waals surface area contributed by atoms with Gasteiger partial charge in [0.1, 0.15) is 6.04 Å². The predicted octanol–water partition coefficient (Wildman–Crippen LogP) is 2.82. The van der Waals surface area contributed by atoms with Crippen LogP contribution in [0.5, 0.6) is 0 Å². The zero-order chi connectivity index (χ0) is 19.6. The van der Waals surface area contributed by atoms with Crippen LogP contribution < -0.4 is 5.32 Å². The number of thioether (sulfide) groups is 1. The third kappa shape index (κ3) is 4.35. The van der Waals surface area contributed by atoms with E-state index in [2.05, 4.69) is 15.5 Å². The van der Waals surface area contributed by atoms with Crippen LogP contribution in [0.3, 0.4) is 0 Å². The number of aromatic amines is 1. The van der Waals surface area contributed by atoms with Gasteiger partial charge >= 0.3 is 0 Å². The maximum absolute atomic E-state index is 13.0. The Hall–Kier alpha value is -2.28. The highest BCUT2D eigenvalue weighted by Gasteiger charge is 2.39. The van der Waals surface area contributed by atoms with Crippen LogP contribution in [-0.2, 0) is 16.1 Å². The Balaban J connectivity index is 1.72. The molecule has 1 fully saturated rings. The van der Waals surface area contributed by atoms with Gasteiger partial charge in [0.05, 0.1) is 22.7 Å². The van der Waals surface area contributed by atoms with Gasteiger partial charge in [0, 0.05) is 17.4 Å². The van der Waals surface area contributed by atoms with E-state index in [1.807, 2.05) is 64.1 Å². The van der Waals surface area contributed by atoms with Crippen molar-refractivity contribution in [3.8, 4) is 11.3 Å². The Morgan fingerprint density at radius 3 is 2.67 bits per heavy atom. The molecule has 1 aliphatic heterocycles. The molecule has 1 saturated heterocycles. The second kappa shape index (κ2) is 7.76. The lowest BCUT2D eigenvalue weighted by atomic mass is 10.1.